The van der Waals surface area contributed by atoms with Crippen molar-refractivity contribution in [3.63, 3.8) is 0 Å². The molecule has 0 aliphatic carbocycles. The van der Waals surface area contributed by atoms with Crippen LogP contribution < -0.4 is 10.1 Å². The van der Waals surface area contributed by atoms with Gasteiger partial charge in [0.1, 0.15) is 5.75 Å². The highest BCUT2D eigenvalue weighted by atomic mass is 32.2. The minimum absolute atomic E-state index is 0.0258. The number of halogens is 3. The van der Waals surface area contributed by atoms with E-state index in [4.69, 9.17) is 0 Å². The molecular formula is C15H19F3N2O4S. The van der Waals surface area contributed by atoms with Gasteiger partial charge in [-0.1, -0.05) is 0 Å². The maximum absolute atomic E-state index is 12.3. The average molecular weight is 380 g/mol. The highest BCUT2D eigenvalue weighted by Crippen LogP contribution is 2.25. The standard InChI is InChI=1S/C15H19F3N2O4S/c1-2-25(22,23)20-9-3-4-11(10-20)14(21)19-12-5-7-13(8-6-12)24-15(16,17)18/h5-8,11H,2-4,9-10H2,1H3,(H,19,21)/t11-/m1/s1. The van der Waals surface area contributed by atoms with Crippen LogP contribution in [-0.2, 0) is 14.8 Å². The lowest BCUT2D eigenvalue weighted by molar-refractivity contribution is -0.274. The van der Waals surface area contributed by atoms with Gasteiger partial charge in [-0.25, -0.2) is 12.7 Å². The van der Waals surface area contributed by atoms with E-state index in [-0.39, 0.29) is 24.0 Å². The molecule has 0 radical (unpaired) electrons. The summed E-state index contributed by atoms with van der Waals surface area (Å²) in [6.07, 6.45) is -3.65. The van der Waals surface area contributed by atoms with Gasteiger partial charge in [0, 0.05) is 18.8 Å². The van der Waals surface area contributed by atoms with Crippen LogP contribution in [-0.4, -0.2) is 43.8 Å². The third-order valence-electron chi connectivity index (χ3n) is 3.87. The van der Waals surface area contributed by atoms with E-state index in [1.54, 1.807) is 6.92 Å². The average Bonchev–Trinajstić information content (AvgIpc) is 2.55. The molecule has 1 aliphatic rings. The minimum atomic E-state index is -4.78. The van der Waals surface area contributed by atoms with Crippen molar-refractivity contribution in [2.24, 2.45) is 5.92 Å². The van der Waals surface area contributed by atoms with Gasteiger partial charge in [-0.3, -0.25) is 4.79 Å². The fourth-order valence-electron chi connectivity index (χ4n) is 2.58. The van der Waals surface area contributed by atoms with E-state index in [1.165, 1.54) is 16.4 Å². The number of carbonyl (C=O) groups excluding carboxylic acids is 1. The van der Waals surface area contributed by atoms with Crippen LogP contribution in [0.1, 0.15) is 19.8 Å². The Bertz CT molecular complexity index is 704. The number of anilines is 1. The Balaban J connectivity index is 1.97. The molecule has 10 heteroatoms. The molecule has 6 nitrogen and oxygen atoms in total. The first-order valence-corrected chi connectivity index (χ1v) is 9.36. The van der Waals surface area contributed by atoms with Crippen LogP contribution >= 0.6 is 0 Å². The lowest BCUT2D eigenvalue weighted by atomic mass is 9.99. The highest BCUT2D eigenvalue weighted by molar-refractivity contribution is 7.89. The van der Waals surface area contributed by atoms with Gasteiger partial charge in [0.15, 0.2) is 0 Å². The molecular weight excluding hydrogens is 361 g/mol. The van der Waals surface area contributed by atoms with Crippen molar-refractivity contribution in [2.75, 3.05) is 24.2 Å². The summed E-state index contributed by atoms with van der Waals surface area (Å²) in [5, 5.41) is 2.59. The van der Waals surface area contributed by atoms with Crippen LogP contribution in [0.5, 0.6) is 5.75 Å². The maximum Gasteiger partial charge on any atom is 0.573 e. The van der Waals surface area contributed by atoms with Crippen molar-refractivity contribution >= 4 is 21.6 Å². The number of piperidine rings is 1. The van der Waals surface area contributed by atoms with Gasteiger partial charge in [0.05, 0.1) is 11.7 Å². The summed E-state index contributed by atoms with van der Waals surface area (Å²) < 4.78 is 65.2. The molecule has 0 unspecified atom stereocenters. The number of ether oxygens (including phenoxy) is 1. The largest absolute Gasteiger partial charge is 0.573 e. The smallest absolute Gasteiger partial charge is 0.406 e. The third kappa shape index (κ3) is 5.60. The normalized spacial score (nSPS) is 19.4. The fourth-order valence-corrected chi connectivity index (χ4v) is 3.76. The number of carbonyl (C=O) groups is 1. The number of hydrogen-bond donors (Lipinski definition) is 1. The first-order chi connectivity index (χ1) is 11.6. The second kappa shape index (κ2) is 7.61. The molecule has 1 atom stereocenters. The van der Waals surface area contributed by atoms with Crippen molar-refractivity contribution in [3.05, 3.63) is 24.3 Å². The molecule has 0 saturated carbocycles. The lowest BCUT2D eigenvalue weighted by Crippen LogP contribution is -2.44. The summed E-state index contributed by atoms with van der Waals surface area (Å²) in [5.74, 6) is -1.27. The first-order valence-electron chi connectivity index (χ1n) is 7.75. The first kappa shape index (κ1) is 19.5. The molecule has 1 amide bonds. The van der Waals surface area contributed by atoms with Crippen molar-refractivity contribution in [1.29, 1.82) is 0 Å². The highest BCUT2D eigenvalue weighted by Gasteiger charge is 2.32. The Labute approximate surface area is 144 Å². The number of sulfonamides is 1. The van der Waals surface area contributed by atoms with Crippen LogP contribution in [0.2, 0.25) is 0 Å². The molecule has 1 aromatic carbocycles. The minimum Gasteiger partial charge on any atom is -0.406 e. The quantitative estimate of drug-likeness (QED) is 0.852. The van der Waals surface area contributed by atoms with Crippen molar-refractivity contribution in [2.45, 2.75) is 26.1 Å². The third-order valence-corrected chi connectivity index (χ3v) is 5.72. The fraction of sp³-hybridized carbons (Fsp3) is 0.533. The summed E-state index contributed by atoms with van der Waals surface area (Å²) in [6.45, 7) is 2.05. The van der Waals surface area contributed by atoms with Gasteiger partial charge < -0.3 is 10.1 Å². The topological polar surface area (TPSA) is 75.7 Å². The van der Waals surface area contributed by atoms with E-state index < -0.39 is 22.3 Å². The number of amides is 1. The number of nitrogens with zero attached hydrogens (tertiary/aromatic N) is 1. The molecule has 25 heavy (non-hydrogen) atoms. The molecule has 0 spiro atoms. The molecule has 140 valence electrons. The summed E-state index contributed by atoms with van der Waals surface area (Å²) in [7, 11) is -3.35. The van der Waals surface area contributed by atoms with Gasteiger partial charge in [0.2, 0.25) is 15.9 Å². The molecule has 1 N–H and O–H groups in total. The SMILES string of the molecule is CCS(=O)(=O)N1CCC[C@@H](C(=O)Nc2ccc(OC(F)(F)F)cc2)C1. The predicted octanol–water partition coefficient (Wildman–Crippen LogP) is 2.59. The zero-order valence-electron chi connectivity index (χ0n) is 13.5. The van der Waals surface area contributed by atoms with E-state index in [9.17, 15) is 26.4 Å². The molecule has 0 bridgehead atoms. The Morgan fingerprint density at radius 1 is 1.32 bits per heavy atom. The zero-order chi connectivity index (χ0) is 18.7. The monoisotopic (exact) mass is 380 g/mol. The number of rotatable bonds is 5. The van der Waals surface area contributed by atoms with Gasteiger partial charge in [-0.2, -0.15) is 0 Å². The van der Waals surface area contributed by atoms with E-state index in [0.717, 1.165) is 12.1 Å². The molecule has 1 aromatic rings. The van der Waals surface area contributed by atoms with Crippen LogP contribution in [0.15, 0.2) is 24.3 Å². The number of hydrogen-bond acceptors (Lipinski definition) is 4. The molecule has 1 fully saturated rings. The summed E-state index contributed by atoms with van der Waals surface area (Å²) in [6, 6.07) is 4.78. The van der Waals surface area contributed by atoms with Crippen LogP contribution in [0.25, 0.3) is 0 Å². The van der Waals surface area contributed by atoms with Gasteiger partial charge in [-0.15, -0.1) is 13.2 Å². The van der Waals surface area contributed by atoms with Crippen molar-refractivity contribution in [3.8, 4) is 5.75 Å². The Hall–Kier alpha value is -1.81. The molecule has 1 saturated heterocycles. The Morgan fingerprint density at radius 3 is 2.52 bits per heavy atom. The summed E-state index contributed by atoms with van der Waals surface area (Å²) >= 11 is 0. The second-order valence-corrected chi connectivity index (χ2v) is 7.92. The van der Waals surface area contributed by atoms with E-state index in [1.807, 2.05) is 0 Å². The second-order valence-electron chi connectivity index (χ2n) is 5.66. The van der Waals surface area contributed by atoms with E-state index in [2.05, 4.69) is 10.1 Å². The summed E-state index contributed by atoms with van der Waals surface area (Å²) in [4.78, 5) is 12.3. The number of nitrogens with one attached hydrogen (secondary N) is 1. The molecule has 1 aliphatic heterocycles. The maximum atomic E-state index is 12.3. The van der Waals surface area contributed by atoms with Gasteiger partial charge in [-0.05, 0) is 44.0 Å². The van der Waals surface area contributed by atoms with Crippen LogP contribution in [0, 0.1) is 5.92 Å². The van der Waals surface area contributed by atoms with Crippen LogP contribution in [0.4, 0.5) is 18.9 Å². The number of benzene rings is 1. The van der Waals surface area contributed by atoms with E-state index >= 15 is 0 Å². The van der Waals surface area contributed by atoms with Gasteiger partial charge >= 0.3 is 6.36 Å². The molecule has 0 aromatic heterocycles. The number of alkyl halides is 3. The van der Waals surface area contributed by atoms with Crippen molar-refractivity contribution in [1.82, 2.24) is 4.31 Å². The van der Waals surface area contributed by atoms with E-state index in [0.29, 0.717) is 25.1 Å². The van der Waals surface area contributed by atoms with Gasteiger partial charge in [0.25, 0.3) is 0 Å². The Kier molecular flexibility index (Phi) is 5.94. The molecule has 2 rings (SSSR count). The lowest BCUT2D eigenvalue weighted by Gasteiger charge is -2.30. The summed E-state index contributed by atoms with van der Waals surface area (Å²) in [5.41, 5.74) is 0.315. The Morgan fingerprint density at radius 2 is 1.96 bits per heavy atom. The predicted molar refractivity (Wildman–Crippen MR) is 85.5 cm³/mol. The zero-order valence-corrected chi connectivity index (χ0v) is 14.4. The molecule has 1 heterocycles. The van der Waals surface area contributed by atoms with Crippen LogP contribution in [0.3, 0.4) is 0 Å². The van der Waals surface area contributed by atoms with Crippen molar-refractivity contribution < 1.29 is 31.1 Å².